The van der Waals surface area contributed by atoms with Crippen molar-refractivity contribution in [3.63, 3.8) is 0 Å². The number of halogens is 1. The van der Waals surface area contributed by atoms with E-state index in [9.17, 15) is 13.2 Å². The van der Waals surface area contributed by atoms with Gasteiger partial charge in [0.05, 0.1) is 17.9 Å². The number of carbonyl (C=O) groups excluding carboxylic acids is 1. The average Bonchev–Trinajstić information content (AvgIpc) is 2.27. The molecule has 0 spiro atoms. The number of amides is 1. The zero-order valence-electron chi connectivity index (χ0n) is 10.8. The lowest BCUT2D eigenvalue weighted by molar-refractivity contribution is -0.121. The monoisotopic (exact) mass is 305 g/mol. The number of rotatable bonds is 6. The van der Waals surface area contributed by atoms with E-state index in [4.69, 9.17) is 15.4 Å². The van der Waals surface area contributed by atoms with Gasteiger partial charge in [0.2, 0.25) is 5.91 Å². The zero-order chi connectivity index (χ0) is 14.5. The van der Waals surface area contributed by atoms with Crippen LogP contribution >= 0.6 is 10.7 Å². The second-order valence-electron chi connectivity index (χ2n) is 3.92. The summed E-state index contributed by atoms with van der Waals surface area (Å²) >= 11 is 0. The predicted molar refractivity (Wildman–Crippen MR) is 73.0 cm³/mol. The van der Waals surface area contributed by atoms with Crippen LogP contribution in [0, 0.1) is 6.92 Å². The number of nitrogens with one attached hydrogen (secondary N) is 1. The van der Waals surface area contributed by atoms with Gasteiger partial charge in [0, 0.05) is 17.2 Å². The molecule has 0 aliphatic carbocycles. The molecule has 19 heavy (non-hydrogen) atoms. The smallest absolute Gasteiger partial charge is 0.261 e. The molecule has 7 heteroatoms. The Kier molecular flexibility index (Phi) is 5.62. The molecule has 0 saturated heterocycles. The minimum atomic E-state index is -3.74. The van der Waals surface area contributed by atoms with Gasteiger partial charge in [0.1, 0.15) is 5.75 Å². The first-order valence-corrected chi connectivity index (χ1v) is 8.10. The summed E-state index contributed by atoms with van der Waals surface area (Å²) in [6.07, 6.45) is 0.252. The Hall–Kier alpha value is -1.27. The third kappa shape index (κ3) is 5.08. The summed E-state index contributed by atoms with van der Waals surface area (Å²) in [7, 11) is 1.54. The van der Waals surface area contributed by atoms with Crippen molar-refractivity contribution in [2.75, 3.05) is 13.2 Å². The Morgan fingerprint density at radius 2 is 2.11 bits per heavy atom. The first-order valence-electron chi connectivity index (χ1n) is 5.79. The Morgan fingerprint density at radius 3 is 2.63 bits per heavy atom. The topological polar surface area (TPSA) is 72.5 Å². The van der Waals surface area contributed by atoms with Gasteiger partial charge >= 0.3 is 0 Å². The molecule has 1 N–H and O–H groups in total. The zero-order valence-corrected chi connectivity index (χ0v) is 12.3. The van der Waals surface area contributed by atoms with Gasteiger partial charge in [0.25, 0.3) is 9.05 Å². The van der Waals surface area contributed by atoms with E-state index in [0.717, 1.165) is 0 Å². The van der Waals surface area contributed by atoms with E-state index in [0.29, 0.717) is 17.9 Å². The van der Waals surface area contributed by atoms with E-state index in [2.05, 4.69) is 5.32 Å². The van der Waals surface area contributed by atoms with Gasteiger partial charge in [-0.2, -0.15) is 0 Å². The van der Waals surface area contributed by atoms with Gasteiger partial charge in [-0.05, 0) is 37.6 Å². The Morgan fingerprint density at radius 1 is 1.42 bits per heavy atom. The molecular weight excluding hydrogens is 290 g/mol. The van der Waals surface area contributed by atoms with Crippen LogP contribution in [-0.2, 0) is 13.8 Å². The molecule has 0 atom stereocenters. The van der Waals surface area contributed by atoms with E-state index in [1.165, 1.54) is 12.1 Å². The molecule has 1 aromatic carbocycles. The largest absolute Gasteiger partial charge is 0.493 e. The summed E-state index contributed by atoms with van der Waals surface area (Å²) in [6.45, 7) is 4.29. The van der Waals surface area contributed by atoms with Gasteiger partial charge in [-0.25, -0.2) is 8.42 Å². The van der Waals surface area contributed by atoms with Crippen LogP contribution in [0.3, 0.4) is 0 Å². The highest BCUT2D eigenvalue weighted by Crippen LogP contribution is 2.23. The fraction of sp³-hybridized carbons (Fsp3) is 0.417. The Bertz CT molecular complexity index is 557. The molecule has 0 fully saturated rings. The lowest BCUT2D eigenvalue weighted by atomic mass is 10.2. The molecule has 106 valence electrons. The van der Waals surface area contributed by atoms with Gasteiger partial charge < -0.3 is 10.1 Å². The number of ether oxygens (including phenoxy) is 1. The molecule has 0 bridgehead atoms. The molecule has 0 aromatic heterocycles. The van der Waals surface area contributed by atoms with E-state index in [-0.39, 0.29) is 23.8 Å². The Balaban J connectivity index is 2.62. The molecule has 0 radical (unpaired) electrons. The van der Waals surface area contributed by atoms with Gasteiger partial charge in [0.15, 0.2) is 0 Å². The van der Waals surface area contributed by atoms with Crippen molar-refractivity contribution in [2.24, 2.45) is 0 Å². The molecule has 0 aliphatic heterocycles. The second-order valence-corrected chi connectivity index (χ2v) is 6.45. The van der Waals surface area contributed by atoms with Crippen LogP contribution in [0.15, 0.2) is 23.1 Å². The highest BCUT2D eigenvalue weighted by Gasteiger charge is 2.13. The minimum absolute atomic E-state index is 0.0604. The SMILES string of the molecule is CCNC(=O)CCOc1ccc(S(=O)(=O)Cl)c(C)c1. The van der Waals surface area contributed by atoms with Gasteiger partial charge in [-0.15, -0.1) is 0 Å². The fourth-order valence-electron chi connectivity index (χ4n) is 1.53. The van der Waals surface area contributed by atoms with Gasteiger partial charge in [-0.1, -0.05) is 0 Å². The van der Waals surface area contributed by atoms with Crippen molar-refractivity contribution >= 4 is 25.6 Å². The molecule has 0 saturated carbocycles. The highest BCUT2D eigenvalue weighted by molar-refractivity contribution is 8.13. The summed E-state index contributed by atoms with van der Waals surface area (Å²) in [5.74, 6) is 0.421. The maximum Gasteiger partial charge on any atom is 0.261 e. The van der Waals surface area contributed by atoms with E-state index >= 15 is 0 Å². The van der Waals surface area contributed by atoms with Crippen LogP contribution in [0.1, 0.15) is 18.9 Å². The van der Waals surface area contributed by atoms with Crippen LogP contribution in [0.2, 0.25) is 0 Å². The maximum atomic E-state index is 11.2. The van der Waals surface area contributed by atoms with Crippen LogP contribution in [0.5, 0.6) is 5.75 Å². The quantitative estimate of drug-likeness (QED) is 0.814. The van der Waals surface area contributed by atoms with Crippen LogP contribution in [0.4, 0.5) is 0 Å². The normalized spacial score (nSPS) is 11.1. The molecule has 1 aromatic rings. The first kappa shape index (κ1) is 15.8. The molecule has 0 heterocycles. The summed E-state index contributed by atoms with van der Waals surface area (Å²) in [4.78, 5) is 11.3. The second kappa shape index (κ2) is 6.77. The van der Waals surface area contributed by atoms with E-state index in [1.807, 2.05) is 6.92 Å². The van der Waals surface area contributed by atoms with Crippen molar-refractivity contribution in [3.8, 4) is 5.75 Å². The van der Waals surface area contributed by atoms with Crippen molar-refractivity contribution in [1.29, 1.82) is 0 Å². The maximum absolute atomic E-state index is 11.2. The predicted octanol–water partition coefficient (Wildman–Crippen LogP) is 1.83. The minimum Gasteiger partial charge on any atom is -0.493 e. The summed E-state index contributed by atoms with van der Waals surface area (Å²) in [5.41, 5.74) is 0.505. The molecular formula is C12H16ClNO4S. The Labute approximate surface area is 117 Å². The molecule has 0 unspecified atom stereocenters. The standard InChI is InChI=1S/C12H16ClNO4S/c1-3-14-12(15)6-7-18-10-4-5-11(9(2)8-10)19(13,16)17/h4-5,8H,3,6-7H2,1-2H3,(H,14,15). The average molecular weight is 306 g/mol. The summed E-state index contributed by atoms with van der Waals surface area (Å²) in [6, 6.07) is 4.48. The molecule has 1 amide bonds. The number of benzene rings is 1. The summed E-state index contributed by atoms with van der Waals surface area (Å²) in [5, 5.41) is 2.66. The van der Waals surface area contributed by atoms with Crippen molar-refractivity contribution in [1.82, 2.24) is 5.32 Å². The van der Waals surface area contributed by atoms with Crippen molar-refractivity contribution in [2.45, 2.75) is 25.2 Å². The fourth-order valence-corrected chi connectivity index (χ4v) is 2.73. The van der Waals surface area contributed by atoms with E-state index < -0.39 is 9.05 Å². The number of hydrogen-bond acceptors (Lipinski definition) is 4. The lowest BCUT2D eigenvalue weighted by Crippen LogP contribution is -2.24. The van der Waals surface area contributed by atoms with Crippen LogP contribution < -0.4 is 10.1 Å². The molecule has 1 rings (SSSR count). The van der Waals surface area contributed by atoms with E-state index in [1.54, 1.807) is 13.0 Å². The van der Waals surface area contributed by atoms with Crippen LogP contribution in [-0.4, -0.2) is 27.5 Å². The summed E-state index contributed by atoms with van der Waals surface area (Å²) < 4.78 is 27.8. The molecule has 0 aliphatic rings. The molecule has 5 nitrogen and oxygen atoms in total. The first-order chi connectivity index (χ1) is 8.84. The van der Waals surface area contributed by atoms with Crippen LogP contribution in [0.25, 0.3) is 0 Å². The number of carbonyl (C=O) groups is 1. The van der Waals surface area contributed by atoms with Gasteiger partial charge in [-0.3, -0.25) is 4.79 Å². The highest BCUT2D eigenvalue weighted by atomic mass is 35.7. The van der Waals surface area contributed by atoms with Crippen molar-refractivity contribution in [3.05, 3.63) is 23.8 Å². The van der Waals surface area contributed by atoms with Crippen molar-refractivity contribution < 1.29 is 17.9 Å². The third-order valence-corrected chi connectivity index (χ3v) is 3.86. The number of aryl methyl sites for hydroxylation is 1. The lowest BCUT2D eigenvalue weighted by Gasteiger charge is -2.08. The number of hydrogen-bond donors (Lipinski definition) is 1. The third-order valence-electron chi connectivity index (χ3n) is 2.38.